The number of rotatable bonds is 9. The number of pyridine rings is 1. The number of H-pyrrole nitrogens is 1. The van der Waals surface area contributed by atoms with Gasteiger partial charge in [0.1, 0.15) is 11.5 Å². The third-order valence-corrected chi connectivity index (χ3v) is 5.25. The number of aromatic nitrogens is 5. The molecule has 0 radical (unpaired) electrons. The molecule has 0 unspecified atom stereocenters. The quantitative estimate of drug-likeness (QED) is 0.470. The van der Waals surface area contributed by atoms with Gasteiger partial charge in [-0.05, 0) is 24.3 Å². The number of methoxy groups -OCH3 is 1. The van der Waals surface area contributed by atoms with E-state index >= 15 is 0 Å². The van der Waals surface area contributed by atoms with E-state index in [0.29, 0.717) is 28.6 Å². The average Bonchev–Trinajstić information content (AvgIpc) is 3.37. The van der Waals surface area contributed by atoms with Gasteiger partial charge in [-0.2, -0.15) is 5.10 Å². The molecule has 0 saturated carbocycles. The van der Waals surface area contributed by atoms with Crippen LogP contribution >= 0.6 is 0 Å². The highest BCUT2D eigenvalue weighted by molar-refractivity contribution is 6.03. The predicted octanol–water partition coefficient (Wildman–Crippen LogP) is 2.03. The summed E-state index contributed by atoms with van der Waals surface area (Å²) < 4.78 is 6.85. The van der Waals surface area contributed by atoms with Crippen molar-refractivity contribution in [1.82, 2.24) is 24.7 Å². The normalized spacial score (nSPS) is 13.6. The van der Waals surface area contributed by atoms with Crippen molar-refractivity contribution in [3.05, 3.63) is 54.5 Å². The zero-order chi connectivity index (χ0) is 22.7. The second-order valence-corrected chi connectivity index (χ2v) is 7.28. The van der Waals surface area contributed by atoms with E-state index in [4.69, 9.17) is 4.74 Å². The molecule has 1 aliphatic heterocycles. The lowest BCUT2D eigenvalue weighted by molar-refractivity contribution is 0.0783. The van der Waals surface area contributed by atoms with Crippen LogP contribution in [0.25, 0.3) is 23.7 Å². The largest absolute Gasteiger partial charge is 0.394 e. The number of carbonyl (C=O) groups excluding carboxylic acids is 1. The van der Waals surface area contributed by atoms with Gasteiger partial charge in [0.2, 0.25) is 0 Å². The van der Waals surface area contributed by atoms with E-state index in [2.05, 4.69) is 43.4 Å². The Kier molecular flexibility index (Phi) is 6.15. The Morgan fingerprint density at radius 3 is 2.78 bits per heavy atom. The summed E-state index contributed by atoms with van der Waals surface area (Å²) in [7, 11) is 1.69. The number of carbonyl (C=O) groups is 1. The maximum atomic E-state index is 12.7. The fraction of sp³-hybridized carbons (Fsp3) is 0.273. The summed E-state index contributed by atoms with van der Waals surface area (Å²) in [5.41, 5.74) is 2.41. The molecule has 0 atom stereocenters. The number of anilines is 2. The minimum Gasteiger partial charge on any atom is -0.394 e. The molecule has 0 spiro atoms. The van der Waals surface area contributed by atoms with E-state index in [0.717, 1.165) is 24.6 Å². The van der Waals surface area contributed by atoms with Crippen LogP contribution in [0.3, 0.4) is 0 Å². The Morgan fingerprint density at radius 1 is 1.38 bits per heavy atom. The molecule has 0 bridgehead atoms. The zero-order valence-electron chi connectivity index (χ0n) is 17.8. The molecule has 4 heterocycles. The first kappa shape index (κ1) is 21.5. The first-order chi connectivity index (χ1) is 15.6. The van der Waals surface area contributed by atoms with Crippen LogP contribution in [0.1, 0.15) is 21.7 Å². The Bertz CT molecular complexity index is 1100. The van der Waals surface area contributed by atoms with Crippen LogP contribution < -0.4 is 10.2 Å². The molecule has 3 N–H and O–H groups in total. The zero-order valence-corrected chi connectivity index (χ0v) is 17.8. The number of imidazole rings is 1. The number of aliphatic hydroxyl groups is 1. The monoisotopic (exact) mass is 435 g/mol. The number of nitrogens with zero attached hydrogens (tertiary/aromatic N) is 5. The smallest absolute Gasteiger partial charge is 0.258 e. The van der Waals surface area contributed by atoms with Gasteiger partial charge >= 0.3 is 0 Å². The van der Waals surface area contributed by atoms with Gasteiger partial charge in [0, 0.05) is 32.5 Å². The molecular formula is C22H25N7O3. The number of aromatic amines is 1. The molecule has 4 rings (SSSR count). The summed E-state index contributed by atoms with van der Waals surface area (Å²) >= 11 is 0. The molecule has 32 heavy (non-hydrogen) atoms. The van der Waals surface area contributed by atoms with Gasteiger partial charge in [-0.25, -0.2) is 9.97 Å². The van der Waals surface area contributed by atoms with Gasteiger partial charge in [0.25, 0.3) is 5.91 Å². The van der Waals surface area contributed by atoms with Crippen LogP contribution in [0.2, 0.25) is 0 Å². The Hall–Kier alpha value is -3.76. The third kappa shape index (κ3) is 4.18. The topological polar surface area (TPSA) is 121 Å². The molecule has 166 valence electrons. The SMILES string of the molecule is C=Cc1nc(-c2cc(NC(=O)c3ccc(N4CC(OC)C4)nc3)nn2CCO)[nH]c1C=C. The van der Waals surface area contributed by atoms with Gasteiger partial charge in [0.05, 0.1) is 36.2 Å². The van der Waals surface area contributed by atoms with Crippen molar-refractivity contribution < 1.29 is 14.6 Å². The summed E-state index contributed by atoms with van der Waals surface area (Å²) in [6, 6.07) is 5.23. The van der Waals surface area contributed by atoms with Crippen molar-refractivity contribution in [3.8, 4) is 11.5 Å². The van der Waals surface area contributed by atoms with E-state index in [1.165, 1.54) is 6.20 Å². The minimum atomic E-state index is -0.333. The number of nitrogens with one attached hydrogen (secondary N) is 2. The van der Waals surface area contributed by atoms with Crippen molar-refractivity contribution in [2.75, 3.05) is 37.0 Å². The second-order valence-electron chi connectivity index (χ2n) is 7.28. The van der Waals surface area contributed by atoms with E-state index in [1.54, 1.807) is 36.1 Å². The molecule has 3 aromatic rings. The molecule has 0 aromatic carbocycles. The fourth-order valence-corrected chi connectivity index (χ4v) is 3.44. The second kappa shape index (κ2) is 9.16. The molecule has 10 heteroatoms. The summed E-state index contributed by atoms with van der Waals surface area (Å²) in [5, 5.41) is 16.6. The maximum absolute atomic E-state index is 12.7. The molecule has 1 aliphatic rings. The Labute approximate surface area is 185 Å². The van der Waals surface area contributed by atoms with Gasteiger partial charge in [-0.1, -0.05) is 13.2 Å². The summed E-state index contributed by atoms with van der Waals surface area (Å²) in [5.74, 6) is 1.34. The van der Waals surface area contributed by atoms with Crippen molar-refractivity contribution in [1.29, 1.82) is 0 Å². The van der Waals surface area contributed by atoms with Crippen molar-refractivity contribution in [2.45, 2.75) is 12.6 Å². The van der Waals surface area contributed by atoms with Crippen molar-refractivity contribution >= 4 is 29.7 Å². The predicted molar refractivity (Wildman–Crippen MR) is 122 cm³/mol. The lowest BCUT2D eigenvalue weighted by Crippen LogP contribution is -2.52. The first-order valence-electron chi connectivity index (χ1n) is 10.1. The molecule has 0 aliphatic carbocycles. The standard InChI is InChI=1S/C22H25N7O3/c1-4-16-17(5-2)25-21(24-16)18-10-19(27-29(18)8-9-30)26-22(31)14-6-7-20(23-11-14)28-12-15(13-28)32-3/h4-7,10-11,15,30H,1-2,8-9,12-13H2,3H3,(H,24,25)(H,26,27,31). The highest BCUT2D eigenvalue weighted by atomic mass is 16.5. The average molecular weight is 435 g/mol. The van der Waals surface area contributed by atoms with E-state index < -0.39 is 0 Å². The van der Waals surface area contributed by atoms with Crippen LogP contribution in [-0.2, 0) is 11.3 Å². The third-order valence-electron chi connectivity index (χ3n) is 5.25. The van der Waals surface area contributed by atoms with Gasteiger partial charge in [0.15, 0.2) is 11.6 Å². The van der Waals surface area contributed by atoms with E-state index in [1.807, 2.05) is 6.07 Å². The molecule has 1 fully saturated rings. The van der Waals surface area contributed by atoms with Gasteiger partial charge in [-0.15, -0.1) is 0 Å². The van der Waals surface area contributed by atoms with Crippen LogP contribution in [-0.4, -0.2) is 68.7 Å². The summed E-state index contributed by atoms with van der Waals surface area (Å²) in [6.07, 6.45) is 5.03. The first-order valence-corrected chi connectivity index (χ1v) is 10.1. The Balaban J connectivity index is 1.51. The number of ether oxygens (including phenoxy) is 1. The lowest BCUT2D eigenvalue weighted by atomic mass is 10.1. The number of amides is 1. The van der Waals surface area contributed by atoms with Crippen molar-refractivity contribution in [3.63, 3.8) is 0 Å². The Morgan fingerprint density at radius 2 is 2.19 bits per heavy atom. The van der Waals surface area contributed by atoms with Crippen LogP contribution in [0, 0.1) is 0 Å². The van der Waals surface area contributed by atoms with E-state index in [9.17, 15) is 9.90 Å². The number of hydrogen-bond acceptors (Lipinski definition) is 7. The lowest BCUT2D eigenvalue weighted by Gasteiger charge is -2.38. The van der Waals surface area contributed by atoms with Crippen LogP contribution in [0.5, 0.6) is 0 Å². The molecular weight excluding hydrogens is 410 g/mol. The minimum absolute atomic E-state index is 0.114. The van der Waals surface area contributed by atoms with Crippen LogP contribution in [0.15, 0.2) is 37.6 Å². The molecule has 10 nitrogen and oxygen atoms in total. The van der Waals surface area contributed by atoms with Gasteiger partial charge < -0.3 is 25.0 Å². The highest BCUT2D eigenvalue weighted by Gasteiger charge is 2.27. The molecule has 1 saturated heterocycles. The number of hydrogen-bond donors (Lipinski definition) is 3. The number of aliphatic hydroxyl groups excluding tert-OH is 1. The fourth-order valence-electron chi connectivity index (χ4n) is 3.44. The van der Waals surface area contributed by atoms with Gasteiger partial charge in [-0.3, -0.25) is 9.48 Å². The van der Waals surface area contributed by atoms with E-state index in [-0.39, 0.29) is 25.2 Å². The van der Waals surface area contributed by atoms with Crippen LogP contribution in [0.4, 0.5) is 11.6 Å². The maximum Gasteiger partial charge on any atom is 0.258 e. The molecule has 3 aromatic heterocycles. The summed E-state index contributed by atoms with van der Waals surface area (Å²) in [6.45, 7) is 9.22. The van der Waals surface area contributed by atoms with Crippen molar-refractivity contribution in [2.24, 2.45) is 0 Å². The molecule has 1 amide bonds. The highest BCUT2D eigenvalue weighted by Crippen LogP contribution is 2.24. The summed E-state index contributed by atoms with van der Waals surface area (Å²) in [4.78, 5) is 26.8.